The average molecular weight is 272 g/mol. The molecule has 0 saturated carbocycles. The maximum absolute atomic E-state index is 11.8. The van der Waals surface area contributed by atoms with E-state index >= 15 is 0 Å². The lowest BCUT2D eigenvalue weighted by atomic mass is 10.1. The molecule has 1 aromatic heterocycles. The van der Waals surface area contributed by atoms with Gasteiger partial charge in [0.05, 0.1) is 17.6 Å². The van der Waals surface area contributed by atoms with E-state index in [1.54, 1.807) is 11.1 Å². The Labute approximate surface area is 115 Å². The van der Waals surface area contributed by atoms with Crippen LogP contribution in [0.3, 0.4) is 0 Å². The van der Waals surface area contributed by atoms with Crippen LogP contribution in [0.2, 0.25) is 0 Å². The van der Waals surface area contributed by atoms with Gasteiger partial charge < -0.3 is 10.6 Å². The van der Waals surface area contributed by atoms with Gasteiger partial charge in [-0.2, -0.15) is 5.10 Å². The van der Waals surface area contributed by atoms with Crippen molar-refractivity contribution in [1.29, 1.82) is 0 Å². The molecule has 6 nitrogen and oxygen atoms in total. The molecule has 2 amide bonds. The number of H-pyrrole nitrogens is 1. The summed E-state index contributed by atoms with van der Waals surface area (Å²) in [6.45, 7) is 1.04. The van der Waals surface area contributed by atoms with Gasteiger partial charge in [0, 0.05) is 24.9 Å². The number of carbonyl (C=O) groups excluding carboxylic acids is 2. The predicted octanol–water partition coefficient (Wildman–Crippen LogP) is 0.439. The second-order valence-electron chi connectivity index (χ2n) is 5.14. The Morgan fingerprint density at radius 3 is 3.10 bits per heavy atom. The van der Waals surface area contributed by atoms with Crippen molar-refractivity contribution in [2.24, 2.45) is 11.7 Å². The fraction of sp³-hybridized carbons (Fsp3) is 0.357. The highest BCUT2D eigenvalue weighted by Crippen LogP contribution is 2.20. The van der Waals surface area contributed by atoms with Gasteiger partial charge >= 0.3 is 0 Å². The summed E-state index contributed by atoms with van der Waals surface area (Å²) in [5.41, 5.74) is 7.40. The molecule has 1 saturated heterocycles. The van der Waals surface area contributed by atoms with Gasteiger partial charge in [-0.3, -0.25) is 14.7 Å². The standard InChI is InChI=1S/C14H16N4O2/c15-14(20)10-6-13(19)18(8-10)5-4-9-2-1-3-12-11(9)7-16-17-12/h1-3,7,10H,4-6,8H2,(H2,15,20)(H,16,17). The van der Waals surface area contributed by atoms with Crippen molar-refractivity contribution in [2.75, 3.05) is 13.1 Å². The predicted molar refractivity (Wildman–Crippen MR) is 73.7 cm³/mol. The van der Waals surface area contributed by atoms with Gasteiger partial charge in [-0.1, -0.05) is 12.1 Å². The number of benzene rings is 1. The summed E-state index contributed by atoms with van der Waals surface area (Å²) in [5.74, 6) is -0.724. The monoisotopic (exact) mass is 272 g/mol. The Morgan fingerprint density at radius 1 is 1.50 bits per heavy atom. The maximum atomic E-state index is 11.8. The average Bonchev–Trinajstić information content (AvgIpc) is 3.03. The molecule has 1 fully saturated rings. The second-order valence-corrected chi connectivity index (χ2v) is 5.14. The lowest BCUT2D eigenvalue weighted by Crippen LogP contribution is -2.30. The van der Waals surface area contributed by atoms with Gasteiger partial charge in [-0.25, -0.2) is 0 Å². The van der Waals surface area contributed by atoms with E-state index in [1.165, 1.54) is 0 Å². The van der Waals surface area contributed by atoms with E-state index < -0.39 is 5.91 Å². The first-order chi connectivity index (χ1) is 9.65. The maximum Gasteiger partial charge on any atom is 0.223 e. The number of rotatable bonds is 4. The summed E-state index contributed by atoms with van der Waals surface area (Å²) in [6, 6.07) is 5.97. The highest BCUT2D eigenvalue weighted by molar-refractivity contribution is 5.88. The van der Waals surface area contributed by atoms with Gasteiger partial charge in [-0.05, 0) is 18.1 Å². The number of amides is 2. The minimum absolute atomic E-state index is 0.00756. The van der Waals surface area contributed by atoms with E-state index in [-0.39, 0.29) is 18.2 Å². The fourth-order valence-corrected chi connectivity index (χ4v) is 2.68. The number of hydrogen-bond donors (Lipinski definition) is 2. The van der Waals surface area contributed by atoms with Crippen LogP contribution in [0.4, 0.5) is 0 Å². The summed E-state index contributed by atoms with van der Waals surface area (Å²) in [6.07, 6.45) is 2.78. The second kappa shape index (κ2) is 4.96. The van der Waals surface area contributed by atoms with Crippen molar-refractivity contribution in [3.8, 4) is 0 Å². The zero-order valence-electron chi connectivity index (χ0n) is 11.0. The number of primary amides is 1. The van der Waals surface area contributed by atoms with E-state index in [9.17, 15) is 9.59 Å². The molecule has 0 aliphatic carbocycles. The van der Waals surface area contributed by atoms with Gasteiger partial charge in [0.2, 0.25) is 11.8 Å². The molecule has 3 N–H and O–H groups in total. The van der Waals surface area contributed by atoms with Gasteiger partial charge in [0.1, 0.15) is 0 Å². The van der Waals surface area contributed by atoms with Crippen molar-refractivity contribution in [1.82, 2.24) is 15.1 Å². The van der Waals surface area contributed by atoms with Crippen LogP contribution in [-0.2, 0) is 16.0 Å². The Morgan fingerprint density at radius 2 is 2.35 bits per heavy atom. The number of fused-ring (bicyclic) bond motifs is 1. The molecule has 1 aliphatic heterocycles. The van der Waals surface area contributed by atoms with Crippen LogP contribution < -0.4 is 5.73 Å². The van der Waals surface area contributed by atoms with Crippen LogP contribution in [0.15, 0.2) is 24.4 Å². The Kier molecular flexibility index (Phi) is 3.14. The topological polar surface area (TPSA) is 92.1 Å². The normalized spacial score (nSPS) is 18.9. The van der Waals surface area contributed by atoms with Gasteiger partial charge in [0.15, 0.2) is 0 Å². The Balaban J connectivity index is 1.69. The molecule has 1 unspecified atom stereocenters. The van der Waals surface area contributed by atoms with Crippen LogP contribution >= 0.6 is 0 Å². The largest absolute Gasteiger partial charge is 0.369 e. The third-order valence-corrected chi connectivity index (χ3v) is 3.84. The fourth-order valence-electron chi connectivity index (χ4n) is 2.68. The van der Waals surface area contributed by atoms with Crippen molar-refractivity contribution in [3.05, 3.63) is 30.0 Å². The van der Waals surface area contributed by atoms with Crippen molar-refractivity contribution in [2.45, 2.75) is 12.8 Å². The molecule has 104 valence electrons. The number of likely N-dealkylation sites (tertiary alicyclic amines) is 1. The molecule has 6 heteroatoms. The molecule has 2 heterocycles. The molecule has 0 bridgehead atoms. The number of aromatic amines is 1. The Bertz CT molecular complexity index is 664. The number of aromatic nitrogens is 2. The molecule has 1 aliphatic rings. The summed E-state index contributed by atoms with van der Waals surface area (Å²) in [4.78, 5) is 24.7. The highest BCUT2D eigenvalue weighted by atomic mass is 16.2. The molecule has 1 atom stereocenters. The molecule has 2 aromatic rings. The molecule has 0 radical (unpaired) electrons. The first-order valence-corrected chi connectivity index (χ1v) is 6.63. The summed E-state index contributed by atoms with van der Waals surface area (Å²) in [7, 11) is 0. The third-order valence-electron chi connectivity index (χ3n) is 3.84. The molecule has 20 heavy (non-hydrogen) atoms. The molecule has 3 rings (SSSR count). The lowest BCUT2D eigenvalue weighted by Gasteiger charge is -2.16. The van der Waals surface area contributed by atoms with Crippen LogP contribution in [0.5, 0.6) is 0 Å². The lowest BCUT2D eigenvalue weighted by molar-refractivity contribution is -0.128. The number of nitrogens with two attached hydrogens (primary N) is 1. The minimum atomic E-state index is -0.391. The molecule has 1 aromatic carbocycles. The van der Waals surface area contributed by atoms with Gasteiger partial charge in [0.25, 0.3) is 0 Å². The van der Waals surface area contributed by atoms with E-state index in [2.05, 4.69) is 10.2 Å². The number of nitrogens with zero attached hydrogens (tertiary/aromatic N) is 2. The Hall–Kier alpha value is -2.37. The zero-order valence-corrected chi connectivity index (χ0v) is 11.0. The quantitative estimate of drug-likeness (QED) is 0.845. The minimum Gasteiger partial charge on any atom is -0.369 e. The van der Waals surface area contributed by atoms with Crippen molar-refractivity contribution in [3.63, 3.8) is 0 Å². The SMILES string of the molecule is NC(=O)C1CC(=O)N(CCc2cccc3[nH]ncc23)C1. The molecule has 0 spiro atoms. The molecular weight excluding hydrogens is 256 g/mol. The smallest absolute Gasteiger partial charge is 0.223 e. The first-order valence-electron chi connectivity index (χ1n) is 6.63. The van der Waals surface area contributed by atoms with Crippen molar-refractivity contribution < 1.29 is 9.59 Å². The zero-order chi connectivity index (χ0) is 14.1. The summed E-state index contributed by atoms with van der Waals surface area (Å²) >= 11 is 0. The first kappa shape index (κ1) is 12.7. The highest BCUT2D eigenvalue weighted by Gasteiger charge is 2.32. The number of carbonyl (C=O) groups is 2. The van der Waals surface area contributed by atoms with Crippen LogP contribution in [0.1, 0.15) is 12.0 Å². The van der Waals surface area contributed by atoms with E-state index in [0.717, 1.165) is 22.9 Å². The van der Waals surface area contributed by atoms with E-state index in [4.69, 9.17) is 5.73 Å². The van der Waals surface area contributed by atoms with E-state index in [1.807, 2.05) is 18.2 Å². The number of hydrogen-bond acceptors (Lipinski definition) is 3. The summed E-state index contributed by atoms with van der Waals surface area (Å²) < 4.78 is 0. The van der Waals surface area contributed by atoms with Crippen LogP contribution in [0.25, 0.3) is 10.9 Å². The van der Waals surface area contributed by atoms with Crippen LogP contribution in [0, 0.1) is 5.92 Å². The van der Waals surface area contributed by atoms with Crippen LogP contribution in [-0.4, -0.2) is 40.0 Å². The van der Waals surface area contributed by atoms with Gasteiger partial charge in [-0.15, -0.1) is 0 Å². The van der Waals surface area contributed by atoms with Crippen molar-refractivity contribution >= 4 is 22.7 Å². The molecular formula is C14H16N4O2. The van der Waals surface area contributed by atoms with E-state index in [0.29, 0.717) is 13.1 Å². The number of nitrogens with one attached hydrogen (secondary N) is 1. The third kappa shape index (κ3) is 2.24. The summed E-state index contributed by atoms with van der Waals surface area (Å²) in [5, 5.41) is 8.03.